The lowest BCUT2D eigenvalue weighted by Gasteiger charge is -2.29. The van der Waals surface area contributed by atoms with Crippen LogP contribution >= 0.6 is 0 Å². The zero-order valence-corrected chi connectivity index (χ0v) is 17.1. The minimum Gasteiger partial charge on any atom is -0.469 e. The van der Waals surface area contributed by atoms with E-state index >= 15 is 0 Å². The Morgan fingerprint density at radius 1 is 0.929 bits per heavy atom. The topological polar surface area (TPSA) is 55.8 Å². The molecule has 0 saturated carbocycles. The van der Waals surface area contributed by atoms with Gasteiger partial charge in [-0.15, -0.1) is 0 Å². The summed E-state index contributed by atoms with van der Waals surface area (Å²) in [5, 5.41) is 0. The van der Waals surface area contributed by atoms with Crippen molar-refractivity contribution in [3.8, 4) is 0 Å². The second kappa shape index (κ2) is 9.93. The highest BCUT2D eigenvalue weighted by atomic mass is 16.6. The maximum absolute atomic E-state index is 12.8. The van der Waals surface area contributed by atoms with Crippen molar-refractivity contribution in [3.63, 3.8) is 0 Å². The molecule has 0 spiro atoms. The first-order valence-electron chi connectivity index (χ1n) is 9.42. The van der Waals surface area contributed by atoms with Gasteiger partial charge in [0.15, 0.2) is 0 Å². The molecule has 2 rings (SSSR count). The van der Waals surface area contributed by atoms with Crippen molar-refractivity contribution >= 4 is 12.1 Å². The molecule has 0 radical (unpaired) electrons. The average molecular weight is 383 g/mol. The molecule has 0 heterocycles. The van der Waals surface area contributed by atoms with Crippen molar-refractivity contribution < 1.29 is 19.1 Å². The molecule has 2 aromatic carbocycles. The van der Waals surface area contributed by atoms with Gasteiger partial charge in [-0.25, -0.2) is 4.79 Å². The highest BCUT2D eigenvalue weighted by Gasteiger charge is 2.28. The molecule has 150 valence electrons. The van der Waals surface area contributed by atoms with E-state index in [-0.39, 0.29) is 12.5 Å². The van der Waals surface area contributed by atoms with Crippen LogP contribution in [0.25, 0.3) is 0 Å². The van der Waals surface area contributed by atoms with Gasteiger partial charge in [0.2, 0.25) is 0 Å². The SMILES string of the molecule is COC(=O)C(Cc1ccccc1)CN(Cc1ccccc1)C(=O)OC(C)(C)C. The van der Waals surface area contributed by atoms with Crippen LogP contribution in [0.1, 0.15) is 31.9 Å². The fourth-order valence-electron chi connectivity index (χ4n) is 2.89. The largest absolute Gasteiger partial charge is 0.469 e. The van der Waals surface area contributed by atoms with Gasteiger partial charge in [0.05, 0.1) is 13.0 Å². The molecule has 0 aliphatic rings. The van der Waals surface area contributed by atoms with Gasteiger partial charge in [0.25, 0.3) is 0 Å². The Labute approximate surface area is 167 Å². The highest BCUT2D eigenvalue weighted by molar-refractivity contribution is 5.74. The molecule has 0 bridgehead atoms. The second-order valence-electron chi connectivity index (χ2n) is 7.76. The van der Waals surface area contributed by atoms with Crippen LogP contribution in [0.3, 0.4) is 0 Å². The molecular weight excluding hydrogens is 354 g/mol. The number of methoxy groups -OCH3 is 1. The van der Waals surface area contributed by atoms with Crippen molar-refractivity contribution in [2.45, 2.75) is 39.3 Å². The summed E-state index contributed by atoms with van der Waals surface area (Å²) in [7, 11) is 1.37. The first-order valence-corrected chi connectivity index (χ1v) is 9.42. The Morgan fingerprint density at radius 2 is 1.46 bits per heavy atom. The summed E-state index contributed by atoms with van der Waals surface area (Å²) < 4.78 is 10.6. The molecule has 2 aromatic rings. The Morgan fingerprint density at radius 3 is 1.96 bits per heavy atom. The van der Waals surface area contributed by atoms with Crippen LogP contribution in [0.15, 0.2) is 60.7 Å². The first-order chi connectivity index (χ1) is 13.3. The van der Waals surface area contributed by atoms with Crippen LogP contribution in [0.5, 0.6) is 0 Å². The van der Waals surface area contributed by atoms with Crippen molar-refractivity contribution in [2.75, 3.05) is 13.7 Å². The second-order valence-corrected chi connectivity index (χ2v) is 7.76. The zero-order chi connectivity index (χ0) is 20.6. The predicted molar refractivity (Wildman–Crippen MR) is 109 cm³/mol. The van der Waals surface area contributed by atoms with Crippen LogP contribution in [-0.4, -0.2) is 36.2 Å². The minimum absolute atomic E-state index is 0.214. The Bertz CT molecular complexity index is 753. The fraction of sp³-hybridized carbons (Fsp3) is 0.391. The number of ether oxygens (including phenoxy) is 2. The van der Waals surface area contributed by atoms with Crippen molar-refractivity contribution in [3.05, 3.63) is 71.8 Å². The summed E-state index contributed by atoms with van der Waals surface area (Å²) in [5.74, 6) is -0.825. The van der Waals surface area contributed by atoms with Crippen LogP contribution in [0.2, 0.25) is 0 Å². The number of carbonyl (C=O) groups is 2. The predicted octanol–water partition coefficient (Wildman–Crippen LogP) is 4.46. The van der Waals surface area contributed by atoms with Gasteiger partial charge in [-0.05, 0) is 38.3 Å². The quantitative estimate of drug-likeness (QED) is 0.663. The number of benzene rings is 2. The minimum atomic E-state index is -0.619. The maximum Gasteiger partial charge on any atom is 0.410 e. The van der Waals surface area contributed by atoms with Crippen LogP contribution in [0.4, 0.5) is 4.79 Å². The molecule has 0 saturated heterocycles. The standard InChI is InChI=1S/C23H29NO4/c1-23(2,3)28-22(26)24(16-19-13-9-6-10-14-19)17-20(21(25)27-4)15-18-11-7-5-8-12-18/h5-14,20H,15-17H2,1-4H3. The van der Waals surface area contributed by atoms with E-state index in [0.717, 1.165) is 11.1 Å². The molecule has 5 heteroatoms. The molecule has 0 N–H and O–H groups in total. The molecule has 0 fully saturated rings. The van der Waals surface area contributed by atoms with Crippen LogP contribution in [0, 0.1) is 5.92 Å². The maximum atomic E-state index is 12.8. The molecule has 1 atom stereocenters. The summed E-state index contributed by atoms with van der Waals surface area (Å²) in [6.07, 6.45) is 0.0417. The number of nitrogens with zero attached hydrogens (tertiary/aromatic N) is 1. The smallest absolute Gasteiger partial charge is 0.410 e. The third-order valence-corrected chi connectivity index (χ3v) is 4.17. The number of esters is 1. The van der Waals surface area contributed by atoms with Crippen molar-refractivity contribution in [1.29, 1.82) is 0 Å². The van der Waals surface area contributed by atoms with E-state index in [0.29, 0.717) is 13.0 Å². The summed E-state index contributed by atoms with van der Waals surface area (Å²) in [4.78, 5) is 26.8. The van der Waals surface area contributed by atoms with Crippen molar-refractivity contribution in [1.82, 2.24) is 4.90 Å². The van der Waals surface area contributed by atoms with E-state index in [2.05, 4.69) is 0 Å². The third kappa shape index (κ3) is 7.06. The number of hydrogen-bond acceptors (Lipinski definition) is 4. The lowest BCUT2D eigenvalue weighted by Crippen LogP contribution is -2.41. The summed E-state index contributed by atoms with van der Waals surface area (Å²) in [6, 6.07) is 19.4. The number of amides is 1. The number of rotatable bonds is 7. The van der Waals surface area contributed by atoms with E-state index in [1.165, 1.54) is 7.11 Å². The van der Waals surface area contributed by atoms with E-state index in [4.69, 9.17) is 9.47 Å². The lowest BCUT2D eigenvalue weighted by atomic mass is 9.98. The highest BCUT2D eigenvalue weighted by Crippen LogP contribution is 2.18. The number of carbonyl (C=O) groups excluding carboxylic acids is 2. The normalized spacial score (nSPS) is 12.1. The Balaban J connectivity index is 2.22. The van der Waals surface area contributed by atoms with Crippen molar-refractivity contribution in [2.24, 2.45) is 5.92 Å². The molecule has 5 nitrogen and oxygen atoms in total. The monoisotopic (exact) mass is 383 g/mol. The Hall–Kier alpha value is -2.82. The summed E-state index contributed by atoms with van der Waals surface area (Å²) in [5.41, 5.74) is 1.37. The van der Waals surface area contributed by atoms with Crippen LogP contribution in [-0.2, 0) is 27.2 Å². The zero-order valence-electron chi connectivity index (χ0n) is 17.1. The molecule has 1 unspecified atom stereocenters. The van der Waals surface area contributed by atoms with Gasteiger partial charge in [0, 0.05) is 13.1 Å². The Kier molecular flexibility index (Phi) is 7.61. The van der Waals surface area contributed by atoms with E-state index < -0.39 is 17.6 Å². The van der Waals surface area contributed by atoms with Gasteiger partial charge in [0.1, 0.15) is 5.60 Å². The lowest BCUT2D eigenvalue weighted by molar-refractivity contribution is -0.146. The fourth-order valence-corrected chi connectivity index (χ4v) is 2.89. The molecule has 1 amide bonds. The molecule has 0 aliphatic carbocycles. The first kappa shape index (κ1) is 21.5. The van der Waals surface area contributed by atoms with Gasteiger partial charge in [-0.1, -0.05) is 60.7 Å². The van der Waals surface area contributed by atoms with Gasteiger partial charge in [-0.2, -0.15) is 0 Å². The number of hydrogen-bond donors (Lipinski definition) is 0. The van der Waals surface area contributed by atoms with Gasteiger partial charge >= 0.3 is 12.1 Å². The molecule has 28 heavy (non-hydrogen) atoms. The molecule has 0 aliphatic heterocycles. The van der Waals surface area contributed by atoms with Crippen LogP contribution < -0.4 is 0 Å². The van der Waals surface area contributed by atoms with Gasteiger partial charge < -0.3 is 14.4 Å². The summed E-state index contributed by atoms with van der Waals surface area (Å²) >= 11 is 0. The third-order valence-electron chi connectivity index (χ3n) is 4.17. The average Bonchev–Trinajstić information content (AvgIpc) is 2.66. The van der Waals surface area contributed by atoms with Gasteiger partial charge in [-0.3, -0.25) is 4.79 Å². The molecular formula is C23H29NO4. The van der Waals surface area contributed by atoms with E-state index in [9.17, 15) is 9.59 Å². The summed E-state index contributed by atoms with van der Waals surface area (Å²) in [6.45, 7) is 6.05. The van der Waals surface area contributed by atoms with E-state index in [1.807, 2.05) is 81.4 Å². The van der Waals surface area contributed by atoms with E-state index in [1.54, 1.807) is 4.90 Å². The molecule has 0 aromatic heterocycles.